The Bertz CT molecular complexity index is 1290. The minimum absolute atomic E-state index is 0.141. The number of carbonyl (C=O) groups is 3. The van der Waals surface area contributed by atoms with Crippen LogP contribution in [0, 0.1) is 5.92 Å². The molecule has 228 valence electrons. The summed E-state index contributed by atoms with van der Waals surface area (Å²) in [5, 5.41) is 15.7. The predicted octanol–water partition coefficient (Wildman–Crippen LogP) is 3.08. The van der Waals surface area contributed by atoms with Gasteiger partial charge in [0, 0.05) is 43.4 Å². The number of hydrogen-bond donors (Lipinski definition) is 3. The van der Waals surface area contributed by atoms with Crippen LogP contribution in [0.4, 0.5) is 16.2 Å². The maximum Gasteiger partial charge on any atom is 0.321 e. The van der Waals surface area contributed by atoms with Gasteiger partial charge in [0.15, 0.2) is 11.5 Å². The van der Waals surface area contributed by atoms with Gasteiger partial charge < -0.3 is 44.7 Å². The summed E-state index contributed by atoms with van der Waals surface area (Å²) < 4.78 is 17.1. The number of carbonyl (C=O) groups excluding carboxylic acids is 3. The van der Waals surface area contributed by atoms with E-state index in [2.05, 4.69) is 10.6 Å². The molecule has 12 nitrogen and oxygen atoms in total. The summed E-state index contributed by atoms with van der Waals surface area (Å²) in [7, 11) is 5.58. The molecule has 0 aliphatic carbocycles. The number of nitrogens with one attached hydrogen (secondary N) is 2. The molecule has 0 unspecified atom stereocenters. The smallest absolute Gasteiger partial charge is 0.321 e. The molecule has 3 atom stereocenters. The molecule has 2 heterocycles. The van der Waals surface area contributed by atoms with Gasteiger partial charge >= 0.3 is 6.03 Å². The molecule has 2 aliphatic heterocycles. The van der Waals surface area contributed by atoms with Crippen molar-refractivity contribution in [2.45, 2.75) is 38.8 Å². The third kappa shape index (κ3) is 7.62. The van der Waals surface area contributed by atoms with Crippen molar-refractivity contribution in [3.05, 3.63) is 42.0 Å². The SMILES string of the molecule is C[C@@H]1CN([C@H](C)CO)C(=O)c2cc(NC(=O)CCCN(C)C)ccc2O[C@H]1CN(C)C(=O)Nc1ccc2c(c1)OCO2. The molecule has 4 rings (SSSR count). The lowest BCUT2D eigenvalue weighted by Gasteiger charge is -2.38. The van der Waals surface area contributed by atoms with Crippen LogP contribution >= 0.6 is 0 Å². The van der Waals surface area contributed by atoms with E-state index < -0.39 is 12.1 Å². The van der Waals surface area contributed by atoms with Gasteiger partial charge in [-0.05, 0) is 64.3 Å². The fraction of sp³-hybridized carbons (Fsp3) is 0.500. The number of anilines is 2. The first-order chi connectivity index (χ1) is 20.0. The molecule has 2 aromatic carbocycles. The molecule has 2 aromatic rings. The Morgan fingerprint density at radius 2 is 1.74 bits per heavy atom. The highest BCUT2D eigenvalue weighted by atomic mass is 16.7. The number of fused-ring (bicyclic) bond motifs is 2. The third-order valence-corrected chi connectivity index (χ3v) is 7.38. The molecule has 0 fully saturated rings. The topological polar surface area (TPSA) is 133 Å². The number of hydrogen-bond acceptors (Lipinski definition) is 8. The summed E-state index contributed by atoms with van der Waals surface area (Å²) in [5.74, 6) is 0.929. The van der Waals surface area contributed by atoms with Crippen molar-refractivity contribution in [1.29, 1.82) is 0 Å². The number of rotatable bonds is 10. The van der Waals surface area contributed by atoms with E-state index in [0.717, 1.165) is 6.54 Å². The van der Waals surface area contributed by atoms with E-state index in [9.17, 15) is 19.5 Å². The molecular weight excluding hydrogens is 542 g/mol. The van der Waals surface area contributed by atoms with Gasteiger partial charge in [-0.1, -0.05) is 6.92 Å². The third-order valence-electron chi connectivity index (χ3n) is 7.38. The number of ether oxygens (including phenoxy) is 3. The maximum atomic E-state index is 13.7. The molecule has 2 aliphatic rings. The average Bonchev–Trinajstić information content (AvgIpc) is 3.42. The highest BCUT2D eigenvalue weighted by Gasteiger charge is 2.34. The minimum Gasteiger partial charge on any atom is -0.487 e. The van der Waals surface area contributed by atoms with Crippen LogP contribution in [0.25, 0.3) is 0 Å². The Morgan fingerprint density at radius 1 is 1.05 bits per heavy atom. The minimum atomic E-state index is -0.468. The number of aliphatic hydroxyl groups excluding tert-OH is 1. The van der Waals surface area contributed by atoms with Crippen LogP contribution in [0.2, 0.25) is 0 Å². The van der Waals surface area contributed by atoms with Crippen LogP contribution in [-0.2, 0) is 4.79 Å². The number of aliphatic hydroxyl groups is 1. The van der Waals surface area contributed by atoms with Gasteiger partial charge in [0.1, 0.15) is 11.9 Å². The van der Waals surface area contributed by atoms with Gasteiger partial charge in [-0.15, -0.1) is 0 Å². The van der Waals surface area contributed by atoms with Crippen molar-refractivity contribution in [2.75, 3.05) is 64.8 Å². The van der Waals surface area contributed by atoms with Crippen molar-refractivity contribution in [3.63, 3.8) is 0 Å². The summed E-state index contributed by atoms with van der Waals surface area (Å²) in [4.78, 5) is 44.4. The molecule has 0 saturated heterocycles. The molecule has 3 N–H and O–H groups in total. The number of likely N-dealkylation sites (N-methyl/N-ethyl adjacent to an activating group) is 1. The zero-order valence-electron chi connectivity index (χ0n) is 24.9. The molecule has 42 heavy (non-hydrogen) atoms. The Morgan fingerprint density at radius 3 is 2.45 bits per heavy atom. The molecular formula is C30H41N5O7. The van der Waals surface area contributed by atoms with Gasteiger partial charge in [-0.2, -0.15) is 0 Å². The molecule has 12 heteroatoms. The van der Waals surface area contributed by atoms with Crippen LogP contribution in [-0.4, -0.2) is 104 Å². The van der Waals surface area contributed by atoms with E-state index in [1.165, 1.54) is 4.90 Å². The lowest BCUT2D eigenvalue weighted by molar-refractivity contribution is -0.116. The van der Waals surface area contributed by atoms with Crippen LogP contribution in [0.15, 0.2) is 36.4 Å². The summed E-state index contributed by atoms with van der Waals surface area (Å²) in [6, 6.07) is 9.39. The van der Waals surface area contributed by atoms with E-state index in [0.29, 0.717) is 48.0 Å². The van der Waals surface area contributed by atoms with Gasteiger partial charge in [0.2, 0.25) is 12.7 Å². The largest absolute Gasteiger partial charge is 0.487 e. The summed E-state index contributed by atoms with van der Waals surface area (Å²) in [6.45, 7) is 5.00. The van der Waals surface area contributed by atoms with Crippen molar-refractivity contribution in [2.24, 2.45) is 5.92 Å². The first-order valence-electron chi connectivity index (χ1n) is 14.1. The molecule has 4 amide bonds. The van der Waals surface area contributed by atoms with E-state index in [-0.39, 0.29) is 49.3 Å². The van der Waals surface area contributed by atoms with Gasteiger partial charge in [0.05, 0.1) is 24.8 Å². The number of amides is 4. The van der Waals surface area contributed by atoms with E-state index >= 15 is 0 Å². The molecule has 0 spiro atoms. The Hall–Kier alpha value is -4.03. The Balaban J connectivity index is 1.50. The Kier molecular flexibility index (Phi) is 10.1. The predicted molar refractivity (Wildman–Crippen MR) is 158 cm³/mol. The maximum absolute atomic E-state index is 13.7. The van der Waals surface area contributed by atoms with Gasteiger partial charge in [-0.3, -0.25) is 9.59 Å². The fourth-order valence-corrected chi connectivity index (χ4v) is 4.84. The van der Waals surface area contributed by atoms with Crippen LogP contribution in [0.3, 0.4) is 0 Å². The standard InChI is InChI=1S/C30H41N5O7/c1-19-15-35(20(2)17-36)29(38)23-13-21(31-28(37)7-6-12-33(3)4)8-10-24(23)42-27(19)16-34(5)30(39)32-22-9-11-25-26(14-22)41-18-40-25/h8-11,13-14,19-20,27,36H,6-7,12,15-18H2,1-5H3,(H,31,37)(H,32,39)/t19-,20-,27+/m1/s1. The Labute approximate surface area is 246 Å². The van der Waals surface area contributed by atoms with Gasteiger partial charge in [-0.25, -0.2) is 4.79 Å². The highest BCUT2D eigenvalue weighted by Crippen LogP contribution is 2.34. The second kappa shape index (κ2) is 13.8. The van der Waals surface area contributed by atoms with Crippen molar-refractivity contribution in [1.82, 2.24) is 14.7 Å². The lowest BCUT2D eigenvalue weighted by Crippen LogP contribution is -2.50. The zero-order chi connectivity index (χ0) is 30.4. The fourth-order valence-electron chi connectivity index (χ4n) is 4.84. The van der Waals surface area contributed by atoms with Crippen LogP contribution in [0.1, 0.15) is 37.0 Å². The van der Waals surface area contributed by atoms with Crippen molar-refractivity contribution < 1.29 is 33.7 Å². The summed E-state index contributed by atoms with van der Waals surface area (Å²) in [5.41, 5.74) is 1.34. The van der Waals surface area contributed by atoms with E-state index in [4.69, 9.17) is 14.2 Å². The second-order valence-corrected chi connectivity index (χ2v) is 11.2. The summed E-state index contributed by atoms with van der Waals surface area (Å²) >= 11 is 0. The zero-order valence-corrected chi connectivity index (χ0v) is 24.9. The molecule has 0 bridgehead atoms. The van der Waals surface area contributed by atoms with Crippen LogP contribution in [0.5, 0.6) is 17.2 Å². The lowest BCUT2D eigenvalue weighted by atomic mass is 9.99. The molecule has 0 radical (unpaired) electrons. The second-order valence-electron chi connectivity index (χ2n) is 11.2. The molecule has 0 saturated carbocycles. The van der Waals surface area contributed by atoms with E-state index in [1.54, 1.807) is 55.3 Å². The first kappa shape index (κ1) is 30.9. The monoisotopic (exact) mass is 583 g/mol. The normalized spacial score (nSPS) is 18.5. The quantitative estimate of drug-likeness (QED) is 0.389. The van der Waals surface area contributed by atoms with Crippen LogP contribution < -0.4 is 24.8 Å². The summed E-state index contributed by atoms with van der Waals surface area (Å²) in [6.07, 6.45) is 0.598. The number of nitrogens with zero attached hydrogens (tertiary/aromatic N) is 3. The van der Waals surface area contributed by atoms with Gasteiger partial charge in [0.25, 0.3) is 5.91 Å². The average molecular weight is 584 g/mol. The first-order valence-corrected chi connectivity index (χ1v) is 14.1. The van der Waals surface area contributed by atoms with Crippen molar-refractivity contribution in [3.8, 4) is 17.2 Å². The number of urea groups is 1. The number of benzene rings is 2. The molecule has 0 aromatic heterocycles. The van der Waals surface area contributed by atoms with Crippen molar-refractivity contribution >= 4 is 29.2 Å². The van der Waals surface area contributed by atoms with E-state index in [1.807, 2.05) is 25.9 Å². The highest BCUT2D eigenvalue weighted by molar-refractivity contribution is 6.00.